The number of carbonyl (C=O) groups is 1. The smallest absolute Gasteiger partial charge is 0.277 e. The van der Waals surface area contributed by atoms with Crippen LogP contribution in [0.15, 0.2) is 53.3 Å². The molecule has 5 heteroatoms. The second-order valence-electron chi connectivity index (χ2n) is 6.39. The Balaban J connectivity index is 1.79. The van der Waals surface area contributed by atoms with Gasteiger partial charge < -0.3 is 5.32 Å². The first-order chi connectivity index (χ1) is 12.5. The minimum atomic E-state index is -0.473. The predicted molar refractivity (Wildman–Crippen MR) is 102 cm³/mol. The third-order valence-corrected chi connectivity index (χ3v) is 4.43. The highest BCUT2D eigenvalue weighted by Crippen LogP contribution is 2.21. The van der Waals surface area contributed by atoms with E-state index in [1.165, 1.54) is 5.56 Å². The third-order valence-electron chi connectivity index (χ3n) is 4.43. The third kappa shape index (κ3) is 3.72. The van der Waals surface area contributed by atoms with E-state index >= 15 is 0 Å². The second kappa shape index (κ2) is 7.35. The summed E-state index contributed by atoms with van der Waals surface area (Å²) in [6, 6.07) is 16.3. The minimum absolute atomic E-state index is 0.118. The summed E-state index contributed by atoms with van der Waals surface area (Å²) in [6.07, 6.45) is 0. The van der Waals surface area contributed by atoms with Gasteiger partial charge in [-0.25, -0.2) is 5.10 Å². The number of hydrogen-bond donors (Lipinski definition) is 2. The van der Waals surface area contributed by atoms with E-state index in [-0.39, 0.29) is 5.56 Å². The number of rotatable bonds is 4. The number of aromatic amines is 1. The van der Waals surface area contributed by atoms with Gasteiger partial charge in [0.25, 0.3) is 11.5 Å². The number of carbonyl (C=O) groups excluding carboxylic acids is 1. The number of H-pyrrole nitrogens is 1. The molecule has 132 valence electrons. The number of nitrogens with one attached hydrogen (secondary N) is 2. The summed E-state index contributed by atoms with van der Waals surface area (Å²) >= 11 is 0. The van der Waals surface area contributed by atoms with Crippen LogP contribution in [0.2, 0.25) is 0 Å². The molecule has 3 aromatic rings. The highest BCUT2D eigenvalue weighted by atomic mass is 16.2. The van der Waals surface area contributed by atoms with Crippen molar-refractivity contribution in [3.63, 3.8) is 0 Å². The van der Waals surface area contributed by atoms with Crippen molar-refractivity contribution in [3.8, 4) is 11.1 Å². The Morgan fingerprint density at radius 1 is 1.04 bits per heavy atom. The number of aromatic nitrogens is 2. The Labute approximate surface area is 152 Å². The van der Waals surface area contributed by atoms with Crippen molar-refractivity contribution in [1.29, 1.82) is 0 Å². The molecule has 1 heterocycles. The number of amides is 1. The molecule has 0 saturated heterocycles. The summed E-state index contributed by atoms with van der Waals surface area (Å²) in [4.78, 5) is 24.4. The molecular formula is C21H21N3O2. The largest absolute Gasteiger partial charge is 0.348 e. The first kappa shape index (κ1) is 17.6. The average Bonchev–Trinajstić information content (AvgIpc) is 2.64. The van der Waals surface area contributed by atoms with Gasteiger partial charge in [0.15, 0.2) is 0 Å². The highest BCUT2D eigenvalue weighted by molar-refractivity contribution is 5.95. The Kier molecular flexibility index (Phi) is 4.98. The fourth-order valence-electron chi connectivity index (χ4n) is 2.86. The molecule has 5 nitrogen and oxygen atoms in total. The summed E-state index contributed by atoms with van der Waals surface area (Å²) in [7, 11) is 0. The van der Waals surface area contributed by atoms with E-state index in [4.69, 9.17) is 0 Å². The van der Waals surface area contributed by atoms with E-state index < -0.39 is 11.5 Å². The van der Waals surface area contributed by atoms with E-state index in [0.29, 0.717) is 17.8 Å². The van der Waals surface area contributed by atoms with Crippen LogP contribution in [0.4, 0.5) is 0 Å². The Bertz CT molecular complexity index is 1020. The maximum absolute atomic E-state index is 12.5. The first-order valence-electron chi connectivity index (χ1n) is 8.46. The summed E-state index contributed by atoms with van der Waals surface area (Å²) in [5, 5.41) is 9.06. The lowest BCUT2D eigenvalue weighted by Crippen LogP contribution is -2.31. The lowest BCUT2D eigenvalue weighted by molar-refractivity contribution is 0.0948. The topological polar surface area (TPSA) is 74.8 Å². The number of aryl methyl sites for hydroxylation is 2. The van der Waals surface area contributed by atoms with Gasteiger partial charge in [-0.05, 0) is 49.1 Å². The Morgan fingerprint density at radius 3 is 2.46 bits per heavy atom. The van der Waals surface area contributed by atoms with E-state index in [9.17, 15) is 9.59 Å². The first-order valence-corrected chi connectivity index (χ1v) is 8.46. The van der Waals surface area contributed by atoms with Gasteiger partial charge in [-0.1, -0.05) is 48.0 Å². The van der Waals surface area contributed by atoms with Crippen molar-refractivity contribution >= 4 is 5.91 Å². The van der Waals surface area contributed by atoms with Crippen LogP contribution in [-0.4, -0.2) is 16.1 Å². The summed E-state index contributed by atoms with van der Waals surface area (Å²) in [5.41, 5.74) is 5.27. The van der Waals surface area contributed by atoms with E-state index in [1.807, 2.05) is 30.3 Å². The van der Waals surface area contributed by atoms with Gasteiger partial charge in [0, 0.05) is 6.54 Å². The van der Waals surface area contributed by atoms with Crippen molar-refractivity contribution in [2.45, 2.75) is 27.3 Å². The monoisotopic (exact) mass is 347 g/mol. The van der Waals surface area contributed by atoms with Crippen molar-refractivity contribution in [2.75, 3.05) is 0 Å². The molecular weight excluding hydrogens is 326 g/mol. The number of benzene rings is 2. The standard InChI is InChI=1S/C21H21N3O2/c1-13-6-4-8-17(10-13)18-9-5-7-16(11-18)12-22-20(25)19-14(2)15(3)23-24-21(19)26/h4-11H,12H2,1-3H3,(H,22,25)(H,24,26). The molecule has 2 N–H and O–H groups in total. The molecule has 3 rings (SSSR count). The fourth-order valence-corrected chi connectivity index (χ4v) is 2.86. The molecule has 0 aliphatic carbocycles. The van der Waals surface area contributed by atoms with Gasteiger partial charge in [-0.15, -0.1) is 0 Å². The van der Waals surface area contributed by atoms with Crippen molar-refractivity contribution < 1.29 is 4.79 Å². The van der Waals surface area contributed by atoms with Crippen LogP contribution >= 0.6 is 0 Å². The van der Waals surface area contributed by atoms with Crippen molar-refractivity contribution in [1.82, 2.24) is 15.5 Å². The fraction of sp³-hybridized carbons (Fsp3) is 0.190. The lowest BCUT2D eigenvalue weighted by atomic mass is 10.0. The Morgan fingerprint density at radius 2 is 1.73 bits per heavy atom. The molecule has 0 saturated carbocycles. The molecule has 0 aliphatic heterocycles. The van der Waals surface area contributed by atoms with Crippen LogP contribution in [0.3, 0.4) is 0 Å². The molecule has 1 aromatic heterocycles. The second-order valence-corrected chi connectivity index (χ2v) is 6.39. The summed E-state index contributed by atoms with van der Waals surface area (Å²) in [6.45, 7) is 5.89. The molecule has 2 aromatic carbocycles. The quantitative estimate of drug-likeness (QED) is 0.760. The van der Waals surface area contributed by atoms with Gasteiger partial charge in [0.2, 0.25) is 0 Å². The van der Waals surface area contributed by atoms with Crippen LogP contribution in [0.25, 0.3) is 11.1 Å². The lowest BCUT2D eigenvalue weighted by Gasteiger charge is -2.10. The highest BCUT2D eigenvalue weighted by Gasteiger charge is 2.15. The van der Waals surface area contributed by atoms with Crippen LogP contribution in [0.1, 0.15) is 32.7 Å². The van der Waals surface area contributed by atoms with E-state index in [1.54, 1.807) is 13.8 Å². The van der Waals surface area contributed by atoms with Crippen LogP contribution in [0, 0.1) is 20.8 Å². The molecule has 0 bridgehead atoms. The molecule has 26 heavy (non-hydrogen) atoms. The molecule has 0 unspecified atom stereocenters. The zero-order chi connectivity index (χ0) is 18.7. The molecule has 0 aliphatic rings. The SMILES string of the molecule is Cc1cccc(-c2cccc(CNC(=O)c3c(C)c(C)n[nH]c3=O)c2)c1. The van der Waals surface area contributed by atoms with Crippen molar-refractivity contribution in [2.24, 2.45) is 0 Å². The van der Waals surface area contributed by atoms with Crippen LogP contribution in [0.5, 0.6) is 0 Å². The molecule has 1 amide bonds. The molecule has 0 spiro atoms. The van der Waals surface area contributed by atoms with Gasteiger partial charge in [-0.3, -0.25) is 9.59 Å². The van der Waals surface area contributed by atoms with Crippen molar-refractivity contribution in [3.05, 3.63) is 86.8 Å². The molecule has 0 radical (unpaired) electrons. The summed E-state index contributed by atoms with van der Waals surface area (Å²) in [5.74, 6) is -0.393. The zero-order valence-corrected chi connectivity index (χ0v) is 15.1. The predicted octanol–water partition coefficient (Wildman–Crippen LogP) is 3.29. The van der Waals surface area contributed by atoms with Gasteiger partial charge in [0.1, 0.15) is 5.56 Å². The Hall–Kier alpha value is -3.21. The maximum Gasteiger partial charge on any atom is 0.277 e. The van der Waals surface area contributed by atoms with Crippen LogP contribution < -0.4 is 10.9 Å². The van der Waals surface area contributed by atoms with Gasteiger partial charge in [-0.2, -0.15) is 5.10 Å². The van der Waals surface area contributed by atoms with E-state index in [2.05, 4.69) is 40.6 Å². The minimum Gasteiger partial charge on any atom is -0.348 e. The number of hydrogen-bond acceptors (Lipinski definition) is 3. The van der Waals surface area contributed by atoms with Gasteiger partial charge >= 0.3 is 0 Å². The zero-order valence-electron chi connectivity index (χ0n) is 15.1. The normalized spacial score (nSPS) is 10.6. The molecule has 0 fully saturated rings. The van der Waals surface area contributed by atoms with Crippen LogP contribution in [-0.2, 0) is 6.54 Å². The molecule has 0 atom stereocenters. The number of nitrogens with zero attached hydrogens (tertiary/aromatic N) is 1. The van der Waals surface area contributed by atoms with E-state index in [0.717, 1.165) is 16.7 Å². The average molecular weight is 347 g/mol. The maximum atomic E-state index is 12.5. The summed E-state index contributed by atoms with van der Waals surface area (Å²) < 4.78 is 0. The van der Waals surface area contributed by atoms with Gasteiger partial charge in [0.05, 0.1) is 5.69 Å².